The zero-order valence-electron chi connectivity index (χ0n) is 22.8. The smallest absolute Gasteiger partial charge is 0.305 e. The molecular weight excluding hydrogens is 462 g/mol. The van der Waals surface area contributed by atoms with Crippen molar-refractivity contribution in [3.63, 3.8) is 0 Å². The van der Waals surface area contributed by atoms with Crippen molar-refractivity contribution in [2.24, 2.45) is 11.8 Å². The van der Waals surface area contributed by atoms with E-state index >= 15 is 0 Å². The van der Waals surface area contributed by atoms with E-state index in [4.69, 9.17) is 9.47 Å². The Balaban J connectivity index is 1.46. The van der Waals surface area contributed by atoms with Gasteiger partial charge in [-0.1, -0.05) is 43.5 Å². The molecule has 200 valence electrons. The van der Waals surface area contributed by atoms with Crippen LogP contribution in [-0.2, 0) is 20.7 Å². The molecule has 2 fully saturated rings. The predicted octanol–water partition coefficient (Wildman–Crippen LogP) is 7.00. The molecule has 0 atom stereocenters. The van der Waals surface area contributed by atoms with Gasteiger partial charge in [-0.2, -0.15) is 0 Å². The second kappa shape index (κ2) is 13.1. The Morgan fingerprint density at radius 1 is 0.919 bits per heavy atom. The van der Waals surface area contributed by atoms with E-state index in [1.54, 1.807) is 7.11 Å². The second-order valence-electron chi connectivity index (χ2n) is 11.0. The quantitative estimate of drug-likeness (QED) is 0.344. The van der Waals surface area contributed by atoms with Gasteiger partial charge in [0, 0.05) is 24.6 Å². The first kappa shape index (κ1) is 27.2. The van der Waals surface area contributed by atoms with Crippen molar-refractivity contribution >= 4 is 17.6 Å². The van der Waals surface area contributed by atoms with E-state index < -0.39 is 0 Å². The lowest BCUT2D eigenvalue weighted by Crippen LogP contribution is -2.41. The molecule has 0 aliphatic heterocycles. The minimum atomic E-state index is -0.204. The summed E-state index contributed by atoms with van der Waals surface area (Å²) in [6, 6.07) is 14.8. The third-order valence-corrected chi connectivity index (χ3v) is 8.47. The van der Waals surface area contributed by atoms with Crippen molar-refractivity contribution in [2.75, 3.05) is 25.7 Å². The summed E-state index contributed by atoms with van der Waals surface area (Å²) >= 11 is 0. The zero-order valence-corrected chi connectivity index (χ0v) is 22.8. The first-order valence-electron chi connectivity index (χ1n) is 14.1. The molecule has 2 aromatic rings. The highest BCUT2D eigenvalue weighted by Crippen LogP contribution is 2.38. The van der Waals surface area contributed by atoms with E-state index in [1.807, 2.05) is 12.1 Å². The number of nitrogens with zero attached hydrogens (tertiary/aromatic N) is 1. The number of carbonyl (C=O) groups excluding carboxylic acids is 2. The van der Waals surface area contributed by atoms with Gasteiger partial charge in [-0.05, 0) is 98.6 Å². The number of rotatable bonds is 9. The van der Waals surface area contributed by atoms with Gasteiger partial charge in [0.15, 0.2) is 0 Å². The topological polar surface area (TPSA) is 55.8 Å². The number of ether oxygens (including phenoxy) is 2. The van der Waals surface area contributed by atoms with Crippen LogP contribution in [0.1, 0.15) is 86.8 Å². The molecule has 0 radical (unpaired) electrons. The summed E-state index contributed by atoms with van der Waals surface area (Å²) in [5.74, 6) is 2.24. The van der Waals surface area contributed by atoms with E-state index in [9.17, 15) is 9.59 Å². The molecule has 2 saturated carbocycles. The maximum absolute atomic E-state index is 13.8. The monoisotopic (exact) mass is 505 g/mol. The summed E-state index contributed by atoms with van der Waals surface area (Å²) in [5.41, 5.74) is 4.65. The van der Waals surface area contributed by atoms with Crippen LogP contribution in [0.25, 0.3) is 0 Å². The second-order valence-corrected chi connectivity index (χ2v) is 11.0. The Morgan fingerprint density at radius 2 is 1.68 bits per heavy atom. The Morgan fingerprint density at radius 3 is 2.35 bits per heavy atom. The lowest BCUT2D eigenvalue weighted by atomic mass is 9.78. The molecule has 0 spiro atoms. The Kier molecular flexibility index (Phi) is 9.65. The van der Waals surface area contributed by atoms with Gasteiger partial charge in [0.1, 0.15) is 5.75 Å². The Hall–Kier alpha value is -2.82. The molecule has 0 saturated heterocycles. The minimum absolute atomic E-state index is 0.131. The van der Waals surface area contributed by atoms with Crippen molar-refractivity contribution < 1.29 is 19.1 Å². The van der Waals surface area contributed by atoms with Crippen molar-refractivity contribution in [3.05, 3.63) is 59.2 Å². The molecule has 0 N–H and O–H groups in total. The van der Waals surface area contributed by atoms with Crippen LogP contribution in [0.2, 0.25) is 0 Å². The van der Waals surface area contributed by atoms with Crippen LogP contribution in [0.5, 0.6) is 5.75 Å². The maximum atomic E-state index is 13.8. The van der Waals surface area contributed by atoms with Gasteiger partial charge in [-0.3, -0.25) is 9.59 Å². The van der Waals surface area contributed by atoms with Gasteiger partial charge in [0.2, 0.25) is 5.91 Å². The number of amides is 1. The molecular formula is C32H43NO4. The number of esters is 1. The van der Waals surface area contributed by atoms with E-state index in [2.05, 4.69) is 42.2 Å². The molecule has 37 heavy (non-hydrogen) atoms. The van der Waals surface area contributed by atoms with Gasteiger partial charge in [0.05, 0.1) is 14.2 Å². The molecule has 0 bridgehead atoms. The number of methoxy groups -OCH3 is 2. The molecule has 2 aromatic carbocycles. The van der Waals surface area contributed by atoms with Gasteiger partial charge < -0.3 is 14.4 Å². The molecule has 4 rings (SSSR count). The van der Waals surface area contributed by atoms with Gasteiger partial charge in [-0.15, -0.1) is 0 Å². The third kappa shape index (κ3) is 7.15. The number of aryl methyl sites for hydroxylation is 2. The van der Waals surface area contributed by atoms with Crippen LogP contribution in [0, 0.1) is 18.8 Å². The number of hydrogen-bond acceptors (Lipinski definition) is 4. The summed E-state index contributed by atoms with van der Waals surface area (Å²) < 4.78 is 10.3. The summed E-state index contributed by atoms with van der Waals surface area (Å²) in [5, 5.41) is 0. The predicted molar refractivity (Wildman–Crippen MR) is 148 cm³/mol. The fourth-order valence-corrected chi connectivity index (χ4v) is 6.21. The van der Waals surface area contributed by atoms with E-state index in [1.165, 1.54) is 24.7 Å². The van der Waals surface area contributed by atoms with Crippen LogP contribution >= 0.6 is 0 Å². The number of hydrogen-bond donors (Lipinski definition) is 0. The molecule has 2 aliphatic carbocycles. The minimum Gasteiger partial charge on any atom is -0.496 e. The summed E-state index contributed by atoms with van der Waals surface area (Å²) in [6.45, 7) is 2.90. The first-order chi connectivity index (χ1) is 18.0. The molecule has 5 nitrogen and oxygen atoms in total. The van der Waals surface area contributed by atoms with Crippen LogP contribution in [0.15, 0.2) is 42.5 Å². The van der Waals surface area contributed by atoms with Crippen LogP contribution in [0.4, 0.5) is 5.69 Å². The molecule has 0 unspecified atom stereocenters. The van der Waals surface area contributed by atoms with Gasteiger partial charge in [-0.25, -0.2) is 0 Å². The number of anilines is 1. The SMILES string of the molecule is COC(=O)CCc1cccc(N(CC2CCC(c3ccc(OC)c(C)c3)CC2)C(=O)C2CCCCC2)c1. The average molecular weight is 506 g/mol. The Labute approximate surface area is 222 Å². The van der Waals surface area contributed by atoms with Crippen LogP contribution < -0.4 is 9.64 Å². The normalized spacial score (nSPS) is 20.3. The fraction of sp³-hybridized carbons (Fsp3) is 0.562. The zero-order chi connectivity index (χ0) is 26.2. The summed E-state index contributed by atoms with van der Waals surface area (Å²) in [7, 11) is 3.15. The van der Waals surface area contributed by atoms with Crippen LogP contribution in [-0.4, -0.2) is 32.6 Å². The summed E-state index contributed by atoms with van der Waals surface area (Å²) in [6.07, 6.45) is 11.1. The van der Waals surface area contributed by atoms with E-state index in [0.717, 1.165) is 74.9 Å². The first-order valence-corrected chi connectivity index (χ1v) is 14.1. The van der Waals surface area contributed by atoms with Gasteiger partial charge >= 0.3 is 5.97 Å². The van der Waals surface area contributed by atoms with E-state index in [0.29, 0.717) is 24.7 Å². The highest BCUT2D eigenvalue weighted by molar-refractivity contribution is 5.95. The average Bonchev–Trinajstić information content (AvgIpc) is 2.95. The maximum Gasteiger partial charge on any atom is 0.305 e. The molecule has 1 amide bonds. The van der Waals surface area contributed by atoms with E-state index in [-0.39, 0.29) is 17.8 Å². The standard InChI is InChI=1S/C32H43NO4/c1-23-20-28(17-18-30(23)36-2)26-15-12-25(13-16-26)22-33(32(35)27-9-5-4-6-10-27)29-11-7-8-24(21-29)14-19-31(34)37-3/h7-8,11,17-18,20-21,25-27H,4-6,9-10,12-16,19,22H2,1-3H3. The summed E-state index contributed by atoms with van der Waals surface area (Å²) in [4.78, 5) is 27.6. The lowest BCUT2D eigenvalue weighted by Gasteiger charge is -2.35. The van der Waals surface area contributed by atoms with Crippen LogP contribution in [0.3, 0.4) is 0 Å². The lowest BCUT2D eigenvalue weighted by molar-refractivity contribution is -0.140. The van der Waals surface area contributed by atoms with Crippen molar-refractivity contribution in [1.29, 1.82) is 0 Å². The fourth-order valence-electron chi connectivity index (χ4n) is 6.21. The molecule has 2 aliphatic rings. The highest BCUT2D eigenvalue weighted by atomic mass is 16.5. The highest BCUT2D eigenvalue weighted by Gasteiger charge is 2.31. The number of benzene rings is 2. The molecule has 0 aromatic heterocycles. The van der Waals surface area contributed by atoms with Crippen molar-refractivity contribution in [1.82, 2.24) is 0 Å². The van der Waals surface area contributed by atoms with Gasteiger partial charge in [0.25, 0.3) is 0 Å². The van der Waals surface area contributed by atoms with Crippen molar-refractivity contribution in [2.45, 2.75) is 83.5 Å². The largest absolute Gasteiger partial charge is 0.496 e. The third-order valence-electron chi connectivity index (χ3n) is 8.47. The Bertz CT molecular complexity index is 1050. The molecule has 0 heterocycles. The molecule has 5 heteroatoms. The van der Waals surface area contributed by atoms with Crippen molar-refractivity contribution in [3.8, 4) is 5.75 Å². The number of carbonyl (C=O) groups is 2.